The van der Waals surface area contributed by atoms with Crippen molar-refractivity contribution >= 4 is 29.6 Å². The summed E-state index contributed by atoms with van der Waals surface area (Å²) in [5, 5.41) is 10.8. The van der Waals surface area contributed by atoms with E-state index in [1.807, 2.05) is 0 Å². The van der Waals surface area contributed by atoms with Crippen molar-refractivity contribution in [1.82, 2.24) is 0 Å². The predicted octanol–water partition coefficient (Wildman–Crippen LogP) is 4.17. The number of para-hydroxylation sites is 1. The van der Waals surface area contributed by atoms with Gasteiger partial charge < -0.3 is 14.2 Å². The first-order valence-corrected chi connectivity index (χ1v) is 9.67. The molecule has 9 nitrogen and oxygen atoms in total. The summed E-state index contributed by atoms with van der Waals surface area (Å²) in [6.07, 6.45) is 1.45. The number of nitro benzene ring substituents is 1. The lowest BCUT2D eigenvalue weighted by Gasteiger charge is -2.07. The van der Waals surface area contributed by atoms with Crippen LogP contribution in [0, 0.1) is 10.1 Å². The summed E-state index contributed by atoms with van der Waals surface area (Å²) in [5.41, 5.74) is 1.04. The fraction of sp³-hybridized carbons (Fsp3) is 0.0417. The van der Waals surface area contributed by atoms with E-state index in [2.05, 4.69) is 4.99 Å². The van der Waals surface area contributed by atoms with Crippen LogP contribution in [-0.4, -0.2) is 29.9 Å². The maximum Gasteiger partial charge on any atom is 0.363 e. The molecular weight excluding hydrogens is 428 g/mol. The molecule has 0 atom stereocenters. The number of nitro groups is 1. The number of esters is 2. The number of methoxy groups -OCH3 is 1. The van der Waals surface area contributed by atoms with E-state index in [1.165, 1.54) is 37.5 Å². The number of nitrogens with zero attached hydrogens (tertiary/aromatic N) is 2. The highest BCUT2D eigenvalue weighted by molar-refractivity contribution is 6.13. The van der Waals surface area contributed by atoms with E-state index in [9.17, 15) is 19.7 Å². The molecule has 0 amide bonds. The summed E-state index contributed by atoms with van der Waals surface area (Å²) < 4.78 is 15.9. The lowest BCUT2D eigenvalue weighted by molar-refractivity contribution is -0.384. The van der Waals surface area contributed by atoms with Gasteiger partial charge in [-0.1, -0.05) is 24.3 Å². The van der Waals surface area contributed by atoms with Crippen molar-refractivity contribution in [3.05, 3.63) is 105 Å². The molecule has 3 aromatic rings. The first-order valence-electron chi connectivity index (χ1n) is 9.67. The van der Waals surface area contributed by atoms with Crippen molar-refractivity contribution in [2.24, 2.45) is 4.99 Å². The standard InChI is InChI=1S/C24H16N2O7/c1-31-19-7-4-6-17(13-19)22-25-20(24(28)33-22)14-16-5-2-3-8-21(16)32-23(27)15-9-11-18(12-10-15)26(29)30/h2-14H,1H3/b20-14-. The fourth-order valence-corrected chi connectivity index (χ4v) is 3.01. The molecule has 0 bridgehead atoms. The smallest absolute Gasteiger partial charge is 0.363 e. The van der Waals surface area contributed by atoms with Crippen LogP contribution >= 0.6 is 0 Å². The van der Waals surface area contributed by atoms with E-state index in [0.29, 0.717) is 16.9 Å². The molecule has 3 aromatic carbocycles. The van der Waals surface area contributed by atoms with E-state index in [4.69, 9.17) is 14.2 Å². The molecule has 0 aromatic heterocycles. The molecule has 9 heteroatoms. The molecule has 1 heterocycles. The molecule has 0 saturated heterocycles. The molecule has 0 radical (unpaired) electrons. The van der Waals surface area contributed by atoms with Crippen LogP contribution in [0.25, 0.3) is 6.08 Å². The van der Waals surface area contributed by atoms with Gasteiger partial charge in [-0.25, -0.2) is 14.6 Å². The maximum atomic E-state index is 12.5. The minimum atomic E-state index is -0.703. The van der Waals surface area contributed by atoms with Gasteiger partial charge in [0.2, 0.25) is 5.90 Å². The molecule has 0 aliphatic carbocycles. The summed E-state index contributed by atoms with van der Waals surface area (Å²) >= 11 is 0. The maximum absolute atomic E-state index is 12.5. The van der Waals surface area contributed by atoms with E-state index < -0.39 is 16.9 Å². The number of hydrogen-bond donors (Lipinski definition) is 0. The van der Waals surface area contributed by atoms with E-state index in [1.54, 1.807) is 48.5 Å². The number of benzene rings is 3. The molecule has 0 spiro atoms. The van der Waals surface area contributed by atoms with Gasteiger partial charge in [0, 0.05) is 23.3 Å². The zero-order valence-electron chi connectivity index (χ0n) is 17.3. The average Bonchev–Trinajstić information content (AvgIpc) is 3.20. The quantitative estimate of drug-likeness (QED) is 0.184. The third-order valence-corrected chi connectivity index (χ3v) is 4.66. The number of ether oxygens (including phenoxy) is 3. The Morgan fingerprint density at radius 3 is 2.55 bits per heavy atom. The number of hydrogen-bond acceptors (Lipinski definition) is 8. The molecule has 1 aliphatic rings. The minimum Gasteiger partial charge on any atom is -0.497 e. The van der Waals surface area contributed by atoms with Crippen LogP contribution < -0.4 is 9.47 Å². The SMILES string of the molecule is COc1cccc(C2=N/C(=C\c3ccccc3OC(=O)c3ccc([N+](=O)[O-])cc3)C(=O)O2)c1. The third kappa shape index (κ3) is 4.77. The summed E-state index contributed by atoms with van der Waals surface area (Å²) in [5.74, 6) is -0.446. The molecule has 33 heavy (non-hydrogen) atoms. The van der Waals surface area contributed by atoms with Crippen LogP contribution in [0.5, 0.6) is 11.5 Å². The largest absolute Gasteiger partial charge is 0.497 e. The van der Waals surface area contributed by atoms with Crippen molar-refractivity contribution in [3.63, 3.8) is 0 Å². The number of carbonyl (C=O) groups is 2. The zero-order chi connectivity index (χ0) is 23.4. The summed E-state index contributed by atoms with van der Waals surface area (Å²) in [7, 11) is 1.53. The number of non-ortho nitro benzene ring substituents is 1. The van der Waals surface area contributed by atoms with Gasteiger partial charge in [0.1, 0.15) is 11.5 Å². The first kappa shape index (κ1) is 21.4. The highest BCUT2D eigenvalue weighted by Gasteiger charge is 2.25. The fourth-order valence-electron chi connectivity index (χ4n) is 3.01. The number of cyclic esters (lactones) is 1. The van der Waals surface area contributed by atoms with Crippen LogP contribution in [0.1, 0.15) is 21.5 Å². The van der Waals surface area contributed by atoms with Crippen LogP contribution in [0.4, 0.5) is 5.69 Å². The Morgan fingerprint density at radius 2 is 1.82 bits per heavy atom. The minimum absolute atomic E-state index is 0.0339. The normalized spacial score (nSPS) is 13.9. The molecule has 0 saturated carbocycles. The third-order valence-electron chi connectivity index (χ3n) is 4.66. The predicted molar refractivity (Wildman–Crippen MR) is 118 cm³/mol. The van der Waals surface area contributed by atoms with Gasteiger partial charge in [0.05, 0.1) is 17.6 Å². The molecule has 164 valence electrons. The van der Waals surface area contributed by atoms with Crippen molar-refractivity contribution in [1.29, 1.82) is 0 Å². The molecule has 0 N–H and O–H groups in total. The Morgan fingerprint density at radius 1 is 1.06 bits per heavy atom. The topological polar surface area (TPSA) is 117 Å². The Labute approximate surface area is 187 Å². The first-order chi connectivity index (χ1) is 15.9. The number of carbonyl (C=O) groups excluding carboxylic acids is 2. The second kappa shape index (κ2) is 9.15. The molecular formula is C24H16N2O7. The Balaban J connectivity index is 1.59. The van der Waals surface area contributed by atoms with Gasteiger partial charge >= 0.3 is 11.9 Å². The van der Waals surface area contributed by atoms with Crippen LogP contribution in [0.15, 0.2) is 83.5 Å². The summed E-state index contributed by atoms with van der Waals surface area (Å²) in [6.45, 7) is 0. The summed E-state index contributed by atoms with van der Waals surface area (Å²) in [6, 6.07) is 18.6. The van der Waals surface area contributed by atoms with Crippen molar-refractivity contribution < 1.29 is 28.7 Å². The zero-order valence-corrected chi connectivity index (χ0v) is 17.3. The molecule has 4 rings (SSSR count). The highest BCUT2D eigenvalue weighted by Crippen LogP contribution is 2.26. The van der Waals surface area contributed by atoms with Crippen LogP contribution in [-0.2, 0) is 9.53 Å². The van der Waals surface area contributed by atoms with Gasteiger partial charge in [-0.05, 0) is 42.5 Å². The van der Waals surface area contributed by atoms with E-state index in [0.717, 1.165) is 0 Å². The number of rotatable bonds is 6. The number of aliphatic imine (C=N–C) groups is 1. The monoisotopic (exact) mass is 444 g/mol. The second-order valence-electron chi connectivity index (χ2n) is 6.80. The van der Waals surface area contributed by atoms with Crippen LogP contribution in [0.3, 0.4) is 0 Å². The van der Waals surface area contributed by atoms with Crippen LogP contribution in [0.2, 0.25) is 0 Å². The van der Waals surface area contributed by atoms with Gasteiger partial charge in [0.25, 0.3) is 5.69 Å². The molecule has 1 aliphatic heterocycles. The highest BCUT2D eigenvalue weighted by atomic mass is 16.6. The van der Waals surface area contributed by atoms with Crippen molar-refractivity contribution in [2.45, 2.75) is 0 Å². The van der Waals surface area contributed by atoms with Crippen molar-refractivity contribution in [3.8, 4) is 11.5 Å². The summed E-state index contributed by atoms with van der Waals surface area (Å²) in [4.78, 5) is 39.3. The van der Waals surface area contributed by atoms with Crippen molar-refractivity contribution in [2.75, 3.05) is 7.11 Å². The van der Waals surface area contributed by atoms with Gasteiger partial charge in [0.15, 0.2) is 5.70 Å². The van der Waals surface area contributed by atoms with E-state index >= 15 is 0 Å². The van der Waals surface area contributed by atoms with E-state index in [-0.39, 0.29) is 28.6 Å². The Hall–Kier alpha value is -4.79. The average molecular weight is 444 g/mol. The molecule has 0 fully saturated rings. The van der Waals surface area contributed by atoms with Gasteiger partial charge in [-0.2, -0.15) is 0 Å². The molecule has 0 unspecified atom stereocenters. The lowest BCUT2D eigenvalue weighted by Crippen LogP contribution is -2.09. The second-order valence-corrected chi connectivity index (χ2v) is 6.80. The Kier molecular flexibility index (Phi) is 5.94. The van der Waals surface area contributed by atoms with Gasteiger partial charge in [-0.3, -0.25) is 10.1 Å². The van der Waals surface area contributed by atoms with Gasteiger partial charge in [-0.15, -0.1) is 0 Å². The Bertz CT molecular complexity index is 1310. The lowest BCUT2D eigenvalue weighted by atomic mass is 10.1.